The summed E-state index contributed by atoms with van der Waals surface area (Å²) < 4.78 is 0. The minimum absolute atomic E-state index is 0.899. The van der Waals surface area contributed by atoms with Gasteiger partial charge in [-0.05, 0) is 44.1 Å². The molecule has 2 fully saturated rings. The van der Waals surface area contributed by atoms with Crippen molar-refractivity contribution in [3.63, 3.8) is 0 Å². The zero-order chi connectivity index (χ0) is 9.10. The fourth-order valence-corrected chi connectivity index (χ4v) is 3.16. The van der Waals surface area contributed by atoms with Gasteiger partial charge in [0.05, 0.1) is 0 Å². The summed E-state index contributed by atoms with van der Waals surface area (Å²) in [6.07, 6.45) is 10.2. The van der Waals surface area contributed by atoms with Crippen molar-refractivity contribution in [1.82, 2.24) is 5.32 Å². The van der Waals surface area contributed by atoms with Gasteiger partial charge >= 0.3 is 0 Å². The maximum atomic E-state index is 3.75. The molecule has 0 radical (unpaired) electrons. The lowest BCUT2D eigenvalue weighted by molar-refractivity contribution is 0.349. The Morgan fingerprint density at radius 2 is 2.08 bits per heavy atom. The number of nitrogens with one attached hydrogen (secondary N) is 1. The van der Waals surface area contributed by atoms with Crippen LogP contribution in [0, 0.1) is 11.8 Å². The van der Waals surface area contributed by atoms with Crippen molar-refractivity contribution in [3.8, 4) is 0 Å². The van der Waals surface area contributed by atoms with E-state index in [-0.39, 0.29) is 0 Å². The largest absolute Gasteiger partial charge is 0.314 e. The summed E-state index contributed by atoms with van der Waals surface area (Å²) in [5.74, 6) is 2.14. The first kappa shape index (κ1) is 9.51. The van der Waals surface area contributed by atoms with Crippen molar-refractivity contribution in [3.05, 3.63) is 0 Å². The second-order valence-electron chi connectivity index (χ2n) is 4.94. The highest BCUT2D eigenvalue weighted by Crippen LogP contribution is 2.44. The molecule has 2 bridgehead atoms. The van der Waals surface area contributed by atoms with E-state index in [1.54, 1.807) is 0 Å². The minimum atomic E-state index is 0.899. The Labute approximate surface area is 82.3 Å². The Hall–Kier alpha value is -0.0400. The summed E-state index contributed by atoms with van der Waals surface area (Å²) >= 11 is 0. The summed E-state index contributed by atoms with van der Waals surface area (Å²) in [5.41, 5.74) is 0. The van der Waals surface area contributed by atoms with E-state index in [9.17, 15) is 0 Å². The minimum Gasteiger partial charge on any atom is -0.314 e. The van der Waals surface area contributed by atoms with E-state index < -0.39 is 0 Å². The second-order valence-corrected chi connectivity index (χ2v) is 4.94. The van der Waals surface area contributed by atoms with Crippen LogP contribution in [0.3, 0.4) is 0 Å². The van der Waals surface area contributed by atoms with Crippen LogP contribution < -0.4 is 5.32 Å². The van der Waals surface area contributed by atoms with Gasteiger partial charge in [-0.2, -0.15) is 0 Å². The van der Waals surface area contributed by atoms with Crippen LogP contribution in [0.4, 0.5) is 0 Å². The van der Waals surface area contributed by atoms with E-state index in [0.717, 1.165) is 17.9 Å². The predicted octanol–water partition coefficient (Wildman–Crippen LogP) is 2.95. The summed E-state index contributed by atoms with van der Waals surface area (Å²) in [6, 6.07) is 0.899. The lowest BCUT2D eigenvalue weighted by Gasteiger charge is -2.22. The summed E-state index contributed by atoms with van der Waals surface area (Å²) in [5, 5.41) is 3.75. The molecule has 2 aliphatic carbocycles. The lowest BCUT2D eigenvalue weighted by Crippen LogP contribution is -2.34. The molecular weight excluding hydrogens is 158 g/mol. The molecule has 1 nitrogen and oxygen atoms in total. The highest BCUT2D eigenvalue weighted by atomic mass is 14.9. The predicted molar refractivity (Wildman–Crippen MR) is 56.8 cm³/mol. The molecule has 76 valence electrons. The first-order valence-electron chi connectivity index (χ1n) is 6.13. The molecule has 3 atom stereocenters. The zero-order valence-electron chi connectivity index (χ0n) is 8.89. The molecule has 0 saturated heterocycles. The third-order valence-electron chi connectivity index (χ3n) is 3.92. The monoisotopic (exact) mass is 181 g/mol. The molecule has 0 unspecified atom stereocenters. The maximum Gasteiger partial charge on any atom is 0.00980 e. The summed E-state index contributed by atoms with van der Waals surface area (Å²) in [7, 11) is 0. The van der Waals surface area contributed by atoms with Crippen LogP contribution in [-0.4, -0.2) is 12.6 Å². The van der Waals surface area contributed by atoms with Crippen LogP contribution >= 0.6 is 0 Å². The molecule has 0 amide bonds. The third-order valence-corrected chi connectivity index (χ3v) is 3.92. The highest BCUT2D eigenvalue weighted by molar-refractivity contribution is 4.93. The van der Waals surface area contributed by atoms with Crippen LogP contribution in [0.2, 0.25) is 0 Å². The molecule has 2 rings (SSSR count). The summed E-state index contributed by atoms with van der Waals surface area (Å²) in [6.45, 7) is 3.54. The Balaban J connectivity index is 1.60. The number of fused-ring (bicyclic) bond motifs is 2. The van der Waals surface area contributed by atoms with E-state index in [0.29, 0.717) is 0 Å². The van der Waals surface area contributed by atoms with Gasteiger partial charge in [-0.1, -0.05) is 26.2 Å². The average Bonchev–Trinajstić information content (AvgIpc) is 2.73. The Morgan fingerprint density at radius 1 is 1.15 bits per heavy atom. The van der Waals surface area contributed by atoms with Gasteiger partial charge < -0.3 is 5.32 Å². The van der Waals surface area contributed by atoms with Crippen molar-refractivity contribution in [2.75, 3.05) is 6.54 Å². The zero-order valence-corrected chi connectivity index (χ0v) is 8.89. The van der Waals surface area contributed by atoms with E-state index in [1.807, 2.05) is 0 Å². The van der Waals surface area contributed by atoms with Gasteiger partial charge in [0.25, 0.3) is 0 Å². The van der Waals surface area contributed by atoms with Gasteiger partial charge in [-0.25, -0.2) is 0 Å². The van der Waals surface area contributed by atoms with Gasteiger partial charge in [-0.3, -0.25) is 0 Å². The Morgan fingerprint density at radius 3 is 2.69 bits per heavy atom. The number of hydrogen-bond acceptors (Lipinski definition) is 1. The standard InChI is InChI=1S/C12H23N/c1-2-3-4-7-13-12-9-10-5-6-11(12)8-10/h10-13H,2-9H2,1H3/t10-,11-,12+/m1/s1. The van der Waals surface area contributed by atoms with Crippen molar-refractivity contribution in [2.45, 2.75) is 57.9 Å². The number of unbranched alkanes of at least 4 members (excludes halogenated alkanes) is 2. The van der Waals surface area contributed by atoms with Crippen LogP contribution in [0.25, 0.3) is 0 Å². The SMILES string of the molecule is CCCCCN[C@H]1C[C@@H]2CC[C@@H]1C2. The van der Waals surface area contributed by atoms with Gasteiger partial charge in [0.2, 0.25) is 0 Å². The van der Waals surface area contributed by atoms with Gasteiger partial charge in [0.15, 0.2) is 0 Å². The van der Waals surface area contributed by atoms with Gasteiger partial charge in [-0.15, -0.1) is 0 Å². The molecule has 0 aromatic heterocycles. The van der Waals surface area contributed by atoms with Crippen LogP contribution in [0.15, 0.2) is 0 Å². The fourth-order valence-electron chi connectivity index (χ4n) is 3.16. The molecule has 1 N–H and O–H groups in total. The van der Waals surface area contributed by atoms with E-state index >= 15 is 0 Å². The first-order chi connectivity index (χ1) is 6.40. The smallest absolute Gasteiger partial charge is 0.00980 e. The van der Waals surface area contributed by atoms with Gasteiger partial charge in [0, 0.05) is 6.04 Å². The number of hydrogen-bond donors (Lipinski definition) is 1. The van der Waals surface area contributed by atoms with Crippen LogP contribution in [0.1, 0.15) is 51.9 Å². The second kappa shape index (κ2) is 4.45. The van der Waals surface area contributed by atoms with Crippen molar-refractivity contribution >= 4 is 0 Å². The molecule has 1 heteroatoms. The Kier molecular flexibility index (Phi) is 3.26. The molecule has 0 aromatic carbocycles. The maximum absolute atomic E-state index is 3.75. The third kappa shape index (κ3) is 2.25. The van der Waals surface area contributed by atoms with Crippen LogP contribution in [0.5, 0.6) is 0 Å². The fraction of sp³-hybridized carbons (Fsp3) is 1.00. The molecule has 2 saturated carbocycles. The highest BCUT2D eigenvalue weighted by Gasteiger charge is 2.38. The van der Waals surface area contributed by atoms with Crippen molar-refractivity contribution < 1.29 is 0 Å². The van der Waals surface area contributed by atoms with Crippen molar-refractivity contribution in [1.29, 1.82) is 0 Å². The molecule has 0 aliphatic heterocycles. The molecular formula is C12H23N. The normalized spacial score (nSPS) is 37.2. The molecule has 0 aromatic rings. The molecule has 0 spiro atoms. The quantitative estimate of drug-likeness (QED) is 0.643. The first-order valence-corrected chi connectivity index (χ1v) is 6.13. The van der Waals surface area contributed by atoms with E-state index in [1.165, 1.54) is 51.5 Å². The van der Waals surface area contributed by atoms with Crippen molar-refractivity contribution in [2.24, 2.45) is 11.8 Å². The summed E-state index contributed by atoms with van der Waals surface area (Å²) in [4.78, 5) is 0. The molecule has 2 aliphatic rings. The lowest BCUT2D eigenvalue weighted by atomic mass is 9.95. The van der Waals surface area contributed by atoms with E-state index in [2.05, 4.69) is 12.2 Å². The van der Waals surface area contributed by atoms with Crippen LogP contribution in [-0.2, 0) is 0 Å². The topological polar surface area (TPSA) is 12.0 Å². The Bertz CT molecular complexity index is 155. The number of rotatable bonds is 5. The van der Waals surface area contributed by atoms with Gasteiger partial charge in [0.1, 0.15) is 0 Å². The van der Waals surface area contributed by atoms with E-state index in [4.69, 9.17) is 0 Å². The average molecular weight is 181 g/mol. The molecule has 0 heterocycles. The molecule has 13 heavy (non-hydrogen) atoms.